The minimum atomic E-state index is -4.00. The summed E-state index contributed by atoms with van der Waals surface area (Å²) in [5, 5.41) is 4.58. The Labute approximate surface area is 308 Å². The van der Waals surface area contributed by atoms with Crippen LogP contribution in [0.15, 0.2) is 90.2 Å². The lowest BCUT2D eigenvalue weighted by Gasteiger charge is -2.30. The molecule has 1 saturated heterocycles. The number of hydrogen-bond donors (Lipinski definition) is 2. The lowest BCUT2D eigenvalue weighted by molar-refractivity contribution is -0.126. The second-order valence-electron chi connectivity index (χ2n) is 13.7. The van der Waals surface area contributed by atoms with Gasteiger partial charge < -0.3 is 15.0 Å². The number of aromatic nitrogens is 3. The summed E-state index contributed by atoms with van der Waals surface area (Å²) in [6.07, 6.45) is 12.2. The number of nitrogens with one attached hydrogen (secondary N) is 1. The molecule has 2 aromatic carbocycles. The van der Waals surface area contributed by atoms with E-state index in [9.17, 15) is 13.2 Å². The quantitative estimate of drug-likeness (QED) is 0.123. The summed E-state index contributed by atoms with van der Waals surface area (Å²) >= 11 is 1.66. The van der Waals surface area contributed by atoms with Crippen LogP contribution in [0.5, 0.6) is 11.5 Å². The molecule has 0 spiro atoms. The largest absolute Gasteiger partial charge is 0.455 e. The van der Waals surface area contributed by atoms with Gasteiger partial charge in [-0.1, -0.05) is 24.3 Å². The fourth-order valence-electron chi connectivity index (χ4n) is 7.30. The van der Waals surface area contributed by atoms with Gasteiger partial charge in [-0.25, -0.2) is 9.97 Å². The van der Waals surface area contributed by atoms with Crippen LogP contribution in [0.4, 0.5) is 11.5 Å². The maximum Gasteiger partial charge on any atom is 0.294 e. The lowest BCUT2D eigenvalue weighted by Crippen LogP contribution is -2.37. The molecule has 13 heteroatoms. The van der Waals surface area contributed by atoms with Crippen molar-refractivity contribution in [3.8, 4) is 11.5 Å². The highest BCUT2D eigenvalue weighted by atomic mass is 32.2. The number of thiophene rings is 1. The SMILES string of the molecule is Cc1ccc(Oc2ccc(Nc3ncnc4sc5c(c34)CCN(C(=O)/C=C/CN3CC4CCC(C4)C3)C5)cc2C)cn1.O=S(=O)(O)c1ccccc1. The van der Waals surface area contributed by atoms with Gasteiger partial charge in [-0.3, -0.25) is 19.2 Å². The standard InChI is InChI=1S/C33H36N6O2S.C6H6O3S/c1-21-14-25(8-10-28(21)41-26-9-5-22(2)34-16-26)37-32-31-27-11-13-39(19-29(27)42-33(31)36-20-35-32)30(40)4-3-12-38-17-23-6-7-24(15-23)18-38;7-10(8,9)6-4-2-1-3-5-6/h3-5,8-10,14,16,20,23-24H,6-7,11-13,15,17-19H2,1-2H3,(H,35,36,37);1-5H,(H,7,8,9)/b4-3+;. The fraction of sp³-hybridized carbons (Fsp3) is 0.333. The van der Waals surface area contributed by atoms with Gasteiger partial charge in [-0.2, -0.15) is 8.42 Å². The number of carbonyl (C=O) groups is 1. The number of pyridine rings is 1. The van der Waals surface area contributed by atoms with E-state index in [1.807, 2.05) is 43.0 Å². The van der Waals surface area contributed by atoms with Crippen LogP contribution < -0.4 is 10.1 Å². The summed E-state index contributed by atoms with van der Waals surface area (Å²) in [5.74, 6) is 4.12. The number of aryl methyl sites for hydroxylation is 2. The van der Waals surface area contributed by atoms with E-state index in [0.29, 0.717) is 18.8 Å². The molecular formula is C39H42N6O5S2. The van der Waals surface area contributed by atoms with Gasteiger partial charge in [-0.15, -0.1) is 11.3 Å². The van der Waals surface area contributed by atoms with E-state index in [1.54, 1.807) is 48.1 Å². The number of hydrogen-bond acceptors (Lipinski definition) is 10. The highest BCUT2D eigenvalue weighted by Crippen LogP contribution is 2.39. The predicted octanol–water partition coefficient (Wildman–Crippen LogP) is 7.35. The van der Waals surface area contributed by atoms with Crippen molar-refractivity contribution in [2.75, 3.05) is 31.5 Å². The molecule has 52 heavy (non-hydrogen) atoms. The maximum atomic E-state index is 13.1. The lowest BCUT2D eigenvalue weighted by atomic mass is 9.99. The number of likely N-dealkylation sites (tertiary alicyclic amines) is 1. The first-order chi connectivity index (χ1) is 25.1. The summed E-state index contributed by atoms with van der Waals surface area (Å²) < 4.78 is 35.3. The van der Waals surface area contributed by atoms with Gasteiger partial charge in [0.2, 0.25) is 5.91 Å². The van der Waals surface area contributed by atoms with Crippen LogP contribution in [0, 0.1) is 25.7 Å². The van der Waals surface area contributed by atoms with Gasteiger partial charge in [0.15, 0.2) is 0 Å². The van der Waals surface area contributed by atoms with Crippen molar-refractivity contribution in [2.24, 2.45) is 11.8 Å². The zero-order valence-corrected chi connectivity index (χ0v) is 30.9. The molecule has 2 unspecified atom stereocenters. The van der Waals surface area contributed by atoms with E-state index in [0.717, 1.165) is 63.5 Å². The number of rotatable bonds is 8. The normalized spacial score (nSPS) is 18.6. The van der Waals surface area contributed by atoms with E-state index in [-0.39, 0.29) is 10.8 Å². The van der Waals surface area contributed by atoms with Crippen molar-refractivity contribution in [3.05, 3.63) is 107 Å². The molecule has 2 N–H and O–H groups in total. The molecule has 5 heterocycles. The van der Waals surface area contributed by atoms with E-state index in [4.69, 9.17) is 9.29 Å². The Morgan fingerprint density at radius 2 is 1.83 bits per heavy atom. The van der Waals surface area contributed by atoms with Crippen LogP contribution in [0.25, 0.3) is 10.2 Å². The number of ether oxygens (including phenoxy) is 1. The number of anilines is 2. The molecule has 8 rings (SSSR count). The molecule has 2 bridgehead atoms. The Kier molecular flexibility index (Phi) is 10.6. The van der Waals surface area contributed by atoms with Gasteiger partial charge in [0.05, 0.1) is 23.0 Å². The van der Waals surface area contributed by atoms with E-state index < -0.39 is 10.1 Å². The number of nitrogens with zero attached hydrogens (tertiary/aromatic N) is 5. The van der Waals surface area contributed by atoms with Crippen molar-refractivity contribution in [1.29, 1.82) is 0 Å². The molecule has 1 saturated carbocycles. The second kappa shape index (κ2) is 15.5. The maximum absolute atomic E-state index is 13.1. The third kappa shape index (κ3) is 8.50. The number of fused-ring (bicyclic) bond motifs is 5. The topological polar surface area (TPSA) is 138 Å². The summed E-state index contributed by atoms with van der Waals surface area (Å²) in [5.41, 5.74) is 4.14. The summed E-state index contributed by atoms with van der Waals surface area (Å²) in [7, 11) is -4.00. The van der Waals surface area contributed by atoms with Crippen molar-refractivity contribution in [1.82, 2.24) is 24.8 Å². The fourth-order valence-corrected chi connectivity index (χ4v) is 9.00. The zero-order chi connectivity index (χ0) is 36.2. The summed E-state index contributed by atoms with van der Waals surface area (Å²) in [4.78, 5) is 33.1. The Morgan fingerprint density at radius 1 is 1.04 bits per heavy atom. The average molecular weight is 739 g/mol. The minimum Gasteiger partial charge on any atom is -0.455 e. The van der Waals surface area contributed by atoms with Gasteiger partial charge in [0.25, 0.3) is 10.1 Å². The zero-order valence-electron chi connectivity index (χ0n) is 29.2. The Bertz CT molecular complexity index is 2180. The third-order valence-corrected chi connectivity index (χ3v) is 11.8. The first kappa shape index (κ1) is 35.7. The monoisotopic (exact) mass is 738 g/mol. The average Bonchev–Trinajstić information content (AvgIpc) is 3.69. The molecule has 5 aromatic rings. The van der Waals surface area contributed by atoms with Gasteiger partial charge >= 0.3 is 0 Å². The van der Waals surface area contributed by atoms with E-state index >= 15 is 0 Å². The number of piperidine rings is 1. The number of amides is 1. The van der Waals surface area contributed by atoms with Crippen molar-refractivity contribution in [3.63, 3.8) is 0 Å². The van der Waals surface area contributed by atoms with Crippen molar-refractivity contribution < 1.29 is 22.5 Å². The number of benzene rings is 2. The van der Waals surface area contributed by atoms with E-state index in [2.05, 4.69) is 37.3 Å². The molecule has 2 fully saturated rings. The molecule has 11 nitrogen and oxygen atoms in total. The molecule has 2 atom stereocenters. The van der Waals surface area contributed by atoms with Crippen LogP contribution in [0.1, 0.15) is 41.0 Å². The highest BCUT2D eigenvalue weighted by molar-refractivity contribution is 7.85. The van der Waals surface area contributed by atoms with Crippen molar-refractivity contribution in [2.45, 2.75) is 51.0 Å². The highest BCUT2D eigenvalue weighted by Gasteiger charge is 2.32. The first-order valence-corrected chi connectivity index (χ1v) is 19.8. The van der Waals surface area contributed by atoms with E-state index in [1.165, 1.54) is 54.9 Å². The van der Waals surface area contributed by atoms with Crippen LogP contribution in [-0.2, 0) is 27.9 Å². The Morgan fingerprint density at radius 3 is 2.52 bits per heavy atom. The number of carbonyl (C=O) groups excluding carboxylic acids is 1. The predicted molar refractivity (Wildman–Crippen MR) is 203 cm³/mol. The second-order valence-corrected chi connectivity index (χ2v) is 16.2. The van der Waals surface area contributed by atoms with Crippen LogP contribution in [0.2, 0.25) is 0 Å². The van der Waals surface area contributed by atoms with Crippen LogP contribution in [0.3, 0.4) is 0 Å². The first-order valence-electron chi connectivity index (χ1n) is 17.5. The molecular weight excluding hydrogens is 697 g/mol. The Hall–Kier alpha value is -4.69. The van der Waals surface area contributed by atoms with Crippen LogP contribution >= 0.6 is 11.3 Å². The smallest absolute Gasteiger partial charge is 0.294 e. The molecule has 1 aliphatic carbocycles. The van der Waals surface area contributed by atoms with Crippen molar-refractivity contribution >= 4 is 49.1 Å². The van der Waals surface area contributed by atoms with Crippen LogP contribution in [-0.4, -0.2) is 69.8 Å². The minimum absolute atomic E-state index is 0.0741. The molecule has 1 amide bonds. The van der Waals surface area contributed by atoms with Gasteiger partial charge in [0, 0.05) is 48.5 Å². The molecule has 3 aromatic heterocycles. The molecule has 0 radical (unpaired) electrons. The summed E-state index contributed by atoms with van der Waals surface area (Å²) in [6, 6.07) is 17.3. The molecule has 3 aliphatic rings. The van der Waals surface area contributed by atoms with Gasteiger partial charge in [-0.05, 0) is 105 Å². The van der Waals surface area contributed by atoms with Gasteiger partial charge in [0.1, 0.15) is 28.5 Å². The molecule has 270 valence electrons. The molecule has 2 aliphatic heterocycles. The Balaban J connectivity index is 0.000000365. The summed E-state index contributed by atoms with van der Waals surface area (Å²) in [6.45, 7) is 8.54. The third-order valence-electron chi connectivity index (χ3n) is 9.85.